The molecular formula is C4F5NO2. The van der Waals surface area contributed by atoms with Crippen molar-refractivity contribution in [3.63, 3.8) is 0 Å². The maximum atomic E-state index is 11.8. The molecule has 0 heterocycles. The molecule has 12 heavy (non-hydrogen) atoms. The van der Waals surface area contributed by atoms with Crippen LogP contribution in [0.2, 0.25) is 0 Å². The lowest BCUT2D eigenvalue weighted by atomic mass is 10.4. The molecular weight excluding hydrogens is 189 g/mol. The summed E-state index contributed by atoms with van der Waals surface area (Å²) in [5.41, 5.74) is -2.50. The lowest BCUT2D eigenvalue weighted by Gasteiger charge is -1.90. The third kappa shape index (κ3) is 2.29. The number of hydrogen-bond acceptors (Lipinski definition) is 2. The van der Waals surface area contributed by atoms with Gasteiger partial charge < -0.3 is 0 Å². The van der Waals surface area contributed by atoms with Gasteiger partial charge in [-0.25, -0.2) is 0 Å². The van der Waals surface area contributed by atoms with E-state index in [4.69, 9.17) is 0 Å². The maximum absolute atomic E-state index is 11.8. The second-order valence-corrected chi connectivity index (χ2v) is 1.44. The molecule has 0 radical (unpaired) electrons. The third-order valence-corrected chi connectivity index (χ3v) is 0.735. The van der Waals surface area contributed by atoms with Gasteiger partial charge in [0, 0.05) is 0 Å². The monoisotopic (exact) mass is 189 g/mol. The van der Waals surface area contributed by atoms with Crippen LogP contribution in [0.25, 0.3) is 0 Å². The quantitative estimate of drug-likeness (QED) is 0.289. The van der Waals surface area contributed by atoms with Crippen LogP contribution in [0.4, 0.5) is 22.0 Å². The SMILES string of the molecule is O=[N+]([O-])C(=C(F)F)C(F)=C(F)F. The largest absolute Gasteiger partial charge is 0.374 e. The highest BCUT2D eigenvalue weighted by molar-refractivity contribution is 5.19. The van der Waals surface area contributed by atoms with E-state index in [1.807, 2.05) is 0 Å². The van der Waals surface area contributed by atoms with Crippen molar-refractivity contribution >= 4 is 0 Å². The molecule has 0 unspecified atom stereocenters. The zero-order chi connectivity index (χ0) is 9.89. The van der Waals surface area contributed by atoms with Gasteiger partial charge in [-0.3, -0.25) is 10.1 Å². The summed E-state index contributed by atoms with van der Waals surface area (Å²) in [6.07, 6.45) is -6.26. The van der Waals surface area contributed by atoms with Crippen LogP contribution in [0.5, 0.6) is 0 Å². The fraction of sp³-hybridized carbons (Fsp3) is 0. The fourth-order valence-corrected chi connectivity index (χ4v) is 0.322. The topological polar surface area (TPSA) is 43.1 Å². The molecule has 0 aliphatic heterocycles. The first kappa shape index (κ1) is 10.5. The zero-order valence-electron chi connectivity index (χ0n) is 5.15. The van der Waals surface area contributed by atoms with Gasteiger partial charge in [0.15, 0.2) is 0 Å². The molecule has 0 atom stereocenters. The third-order valence-electron chi connectivity index (χ3n) is 0.735. The highest BCUT2D eigenvalue weighted by atomic mass is 19.3. The van der Waals surface area contributed by atoms with Crippen molar-refractivity contribution in [1.29, 1.82) is 0 Å². The lowest BCUT2D eigenvalue weighted by Crippen LogP contribution is -2.01. The molecule has 0 saturated carbocycles. The van der Waals surface area contributed by atoms with Gasteiger partial charge in [-0.1, -0.05) is 0 Å². The number of rotatable bonds is 2. The van der Waals surface area contributed by atoms with Crippen molar-refractivity contribution in [2.24, 2.45) is 0 Å². The Labute approximate surface area is 61.9 Å². The van der Waals surface area contributed by atoms with E-state index in [0.29, 0.717) is 0 Å². The van der Waals surface area contributed by atoms with E-state index >= 15 is 0 Å². The van der Waals surface area contributed by atoms with Crippen LogP contribution in [0, 0.1) is 10.1 Å². The summed E-state index contributed by atoms with van der Waals surface area (Å²) in [6, 6.07) is 0. The Balaban J connectivity index is 5.21. The van der Waals surface area contributed by atoms with Crippen molar-refractivity contribution in [1.82, 2.24) is 0 Å². The Morgan fingerprint density at radius 2 is 1.42 bits per heavy atom. The van der Waals surface area contributed by atoms with Gasteiger partial charge in [-0.05, 0) is 0 Å². The molecule has 0 aromatic carbocycles. The normalized spacial score (nSPS) is 9.08. The molecule has 0 aromatic rings. The van der Waals surface area contributed by atoms with E-state index in [9.17, 15) is 32.1 Å². The molecule has 0 spiro atoms. The van der Waals surface area contributed by atoms with Crippen LogP contribution in [-0.2, 0) is 0 Å². The van der Waals surface area contributed by atoms with Gasteiger partial charge in [-0.2, -0.15) is 22.0 Å². The minimum atomic E-state index is -3.16. The Morgan fingerprint density at radius 1 is 1.00 bits per heavy atom. The van der Waals surface area contributed by atoms with E-state index < -0.39 is 28.6 Å². The van der Waals surface area contributed by atoms with Crippen LogP contribution in [-0.4, -0.2) is 4.92 Å². The van der Waals surface area contributed by atoms with E-state index in [0.717, 1.165) is 0 Å². The fourth-order valence-electron chi connectivity index (χ4n) is 0.322. The molecule has 0 aromatic heterocycles. The van der Waals surface area contributed by atoms with Crippen molar-refractivity contribution < 1.29 is 26.9 Å². The number of nitro groups is 1. The Bertz CT molecular complexity index is 263. The molecule has 0 saturated heterocycles. The van der Waals surface area contributed by atoms with Crippen LogP contribution >= 0.6 is 0 Å². The van der Waals surface area contributed by atoms with Gasteiger partial charge in [0.25, 0.3) is 5.83 Å². The standard InChI is InChI=1S/C4F5NO2/c5-1(3(6)7)2(4(8)9)10(11)12. The number of allylic oxidation sites excluding steroid dienone is 1. The molecule has 0 amide bonds. The maximum Gasteiger partial charge on any atom is 0.374 e. The second-order valence-electron chi connectivity index (χ2n) is 1.44. The van der Waals surface area contributed by atoms with E-state index in [2.05, 4.69) is 0 Å². The average Bonchev–Trinajstić information content (AvgIpc) is 1.85. The molecule has 0 aliphatic carbocycles. The first-order chi connectivity index (χ1) is 5.37. The lowest BCUT2D eigenvalue weighted by molar-refractivity contribution is -0.426. The molecule has 68 valence electrons. The number of nitrogens with zero attached hydrogens (tertiary/aromatic N) is 1. The van der Waals surface area contributed by atoms with Crippen LogP contribution in [0.3, 0.4) is 0 Å². The first-order valence-electron chi connectivity index (χ1n) is 2.28. The summed E-state index contributed by atoms with van der Waals surface area (Å²) >= 11 is 0. The minimum Gasteiger partial charge on any atom is -0.258 e. The predicted molar refractivity (Wildman–Crippen MR) is 26.6 cm³/mol. The minimum absolute atomic E-state index is 1.93. The summed E-state index contributed by atoms with van der Waals surface area (Å²) in [5, 5.41) is 9.55. The van der Waals surface area contributed by atoms with E-state index in [1.54, 1.807) is 0 Å². The van der Waals surface area contributed by atoms with Crippen molar-refractivity contribution in [3.05, 3.63) is 33.8 Å². The highest BCUT2D eigenvalue weighted by Crippen LogP contribution is 2.23. The van der Waals surface area contributed by atoms with Crippen molar-refractivity contribution in [3.8, 4) is 0 Å². The van der Waals surface area contributed by atoms with Gasteiger partial charge in [0.2, 0.25) is 0 Å². The molecule has 0 bridgehead atoms. The summed E-state index contributed by atoms with van der Waals surface area (Å²) in [5.74, 6) is -2.82. The Kier molecular flexibility index (Phi) is 3.32. The smallest absolute Gasteiger partial charge is 0.258 e. The molecule has 0 aliphatic rings. The van der Waals surface area contributed by atoms with Crippen LogP contribution < -0.4 is 0 Å². The van der Waals surface area contributed by atoms with Crippen LogP contribution in [0.15, 0.2) is 23.7 Å². The summed E-state index contributed by atoms with van der Waals surface area (Å²) < 4.78 is 57.1. The Morgan fingerprint density at radius 3 is 1.50 bits per heavy atom. The predicted octanol–water partition coefficient (Wildman–Crippen LogP) is 2.45. The number of hydrogen-bond donors (Lipinski definition) is 0. The molecule has 0 N–H and O–H groups in total. The molecule has 0 fully saturated rings. The van der Waals surface area contributed by atoms with Gasteiger partial charge in [-0.15, -0.1) is 0 Å². The average molecular weight is 189 g/mol. The summed E-state index contributed by atoms with van der Waals surface area (Å²) in [6.45, 7) is 0. The van der Waals surface area contributed by atoms with Gasteiger partial charge >= 0.3 is 17.9 Å². The Hall–Kier alpha value is -1.47. The van der Waals surface area contributed by atoms with E-state index in [1.165, 1.54) is 0 Å². The van der Waals surface area contributed by atoms with Crippen molar-refractivity contribution in [2.75, 3.05) is 0 Å². The second kappa shape index (κ2) is 3.79. The van der Waals surface area contributed by atoms with Gasteiger partial charge in [0.1, 0.15) is 0 Å². The van der Waals surface area contributed by atoms with Gasteiger partial charge in [0.05, 0.1) is 4.92 Å². The highest BCUT2D eigenvalue weighted by Gasteiger charge is 2.29. The molecule has 0 rings (SSSR count). The van der Waals surface area contributed by atoms with E-state index in [-0.39, 0.29) is 0 Å². The summed E-state index contributed by atoms with van der Waals surface area (Å²) in [4.78, 5) is 7.62. The molecule has 8 heteroatoms. The zero-order valence-corrected chi connectivity index (χ0v) is 5.15. The molecule has 3 nitrogen and oxygen atoms in total. The number of halogens is 5. The van der Waals surface area contributed by atoms with Crippen LogP contribution in [0.1, 0.15) is 0 Å². The summed E-state index contributed by atoms with van der Waals surface area (Å²) in [7, 11) is 0. The first-order valence-corrected chi connectivity index (χ1v) is 2.28. The van der Waals surface area contributed by atoms with Crippen molar-refractivity contribution in [2.45, 2.75) is 0 Å².